The van der Waals surface area contributed by atoms with Gasteiger partial charge < -0.3 is 9.84 Å². The smallest absolute Gasteiger partial charge is 0.129 e. The predicted octanol–water partition coefficient (Wildman–Crippen LogP) is 3.58. The number of aromatic hydroxyl groups is 1. The van der Waals surface area contributed by atoms with Crippen LogP contribution in [0.3, 0.4) is 0 Å². The first kappa shape index (κ1) is 11.3. The van der Waals surface area contributed by atoms with Crippen LogP contribution in [-0.2, 0) is 6.61 Å². The Hall–Kier alpha value is -1.23. The van der Waals surface area contributed by atoms with Crippen LogP contribution in [0.1, 0.15) is 5.56 Å². The normalized spacial score (nSPS) is 10.1. The molecule has 0 aliphatic heterocycles. The Morgan fingerprint density at radius 1 is 1.06 bits per heavy atom. The molecule has 1 N–H and O–H groups in total. The maximum atomic E-state index is 9.37. The highest BCUT2D eigenvalue weighted by Gasteiger charge is 2.00. The van der Waals surface area contributed by atoms with E-state index in [0.717, 1.165) is 14.9 Å². The van der Waals surface area contributed by atoms with E-state index >= 15 is 0 Å². The zero-order valence-electron chi connectivity index (χ0n) is 8.56. The molecule has 0 heterocycles. The lowest BCUT2D eigenvalue weighted by Crippen LogP contribution is -1.94. The number of phenols is 1. The Balaban J connectivity index is 2.03. The van der Waals surface area contributed by atoms with E-state index in [1.54, 1.807) is 12.1 Å². The van der Waals surface area contributed by atoms with Crippen LogP contribution in [0.15, 0.2) is 48.5 Å². The molecule has 0 saturated heterocycles. The van der Waals surface area contributed by atoms with Crippen LogP contribution < -0.4 is 4.74 Å². The van der Waals surface area contributed by atoms with Gasteiger partial charge in [0.15, 0.2) is 0 Å². The van der Waals surface area contributed by atoms with Gasteiger partial charge in [-0.15, -0.1) is 0 Å². The number of phenolic OH excluding ortho intramolecular Hbond substituents is 1. The molecule has 2 aromatic rings. The van der Waals surface area contributed by atoms with E-state index < -0.39 is 0 Å². The van der Waals surface area contributed by atoms with Crippen molar-refractivity contribution in [3.8, 4) is 11.5 Å². The fourth-order valence-electron chi connectivity index (χ4n) is 1.32. The molecule has 0 aromatic heterocycles. The van der Waals surface area contributed by atoms with Crippen LogP contribution in [0.2, 0.25) is 0 Å². The second-order valence-electron chi connectivity index (χ2n) is 3.39. The topological polar surface area (TPSA) is 29.5 Å². The van der Waals surface area contributed by atoms with E-state index in [1.807, 2.05) is 36.4 Å². The molecule has 82 valence electrons. The molecule has 2 aromatic carbocycles. The summed E-state index contributed by atoms with van der Waals surface area (Å²) in [4.78, 5) is 0. The molecule has 0 unspecified atom stereocenters. The summed E-state index contributed by atoms with van der Waals surface area (Å²) in [6.07, 6.45) is 0. The minimum absolute atomic E-state index is 0.285. The van der Waals surface area contributed by atoms with E-state index in [1.165, 1.54) is 0 Å². The molecule has 2 nitrogen and oxygen atoms in total. The summed E-state index contributed by atoms with van der Waals surface area (Å²) in [7, 11) is 0. The van der Waals surface area contributed by atoms with E-state index in [9.17, 15) is 5.11 Å². The van der Waals surface area contributed by atoms with Crippen LogP contribution in [0.25, 0.3) is 0 Å². The van der Waals surface area contributed by atoms with E-state index in [0.29, 0.717) is 6.61 Å². The third kappa shape index (κ3) is 2.88. The molecule has 2 rings (SSSR count). The molecule has 3 heteroatoms. The Labute approximate surface area is 108 Å². The van der Waals surface area contributed by atoms with Crippen LogP contribution in [0.4, 0.5) is 0 Å². The van der Waals surface area contributed by atoms with Gasteiger partial charge in [-0.05, 0) is 46.4 Å². The fourth-order valence-corrected chi connectivity index (χ4v) is 1.81. The number of halogens is 1. The Morgan fingerprint density at radius 2 is 1.81 bits per heavy atom. The zero-order chi connectivity index (χ0) is 11.4. The summed E-state index contributed by atoms with van der Waals surface area (Å²) in [6, 6.07) is 15.2. The minimum Gasteiger partial charge on any atom is -0.507 e. The van der Waals surface area contributed by atoms with Crippen molar-refractivity contribution in [3.05, 3.63) is 57.7 Å². The van der Waals surface area contributed by atoms with Gasteiger partial charge in [-0.3, -0.25) is 0 Å². The maximum Gasteiger partial charge on any atom is 0.129 e. The van der Waals surface area contributed by atoms with Gasteiger partial charge in [0.2, 0.25) is 0 Å². The fraction of sp³-hybridized carbons (Fsp3) is 0.0769. The van der Waals surface area contributed by atoms with Gasteiger partial charge in [0, 0.05) is 0 Å². The van der Waals surface area contributed by atoms with Crippen molar-refractivity contribution in [1.82, 2.24) is 0 Å². The average Bonchev–Trinajstić information content (AvgIpc) is 2.32. The van der Waals surface area contributed by atoms with Gasteiger partial charge in [-0.25, -0.2) is 0 Å². The Bertz CT molecular complexity index is 469. The van der Waals surface area contributed by atoms with E-state index in [-0.39, 0.29) is 5.75 Å². The third-order valence-corrected chi connectivity index (χ3v) is 3.03. The molecule has 0 amide bonds. The predicted molar refractivity (Wildman–Crippen MR) is 71.6 cm³/mol. The largest absolute Gasteiger partial charge is 0.507 e. The summed E-state index contributed by atoms with van der Waals surface area (Å²) in [5.41, 5.74) is 1.13. The standard InChI is InChI=1S/C13H11IO2/c14-12-8-11(6-7-13(12)15)16-9-10-4-2-1-3-5-10/h1-8,15H,9H2. The highest BCUT2D eigenvalue weighted by molar-refractivity contribution is 14.1. The number of ether oxygens (including phenoxy) is 1. The molecule has 0 bridgehead atoms. The van der Waals surface area contributed by atoms with Crippen LogP contribution in [-0.4, -0.2) is 5.11 Å². The monoisotopic (exact) mass is 326 g/mol. The van der Waals surface area contributed by atoms with Crippen LogP contribution in [0, 0.1) is 3.57 Å². The van der Waals surface area contributed by atoms with Crippen molar-refractivity contribution in [2.45, 2.75) is 6.61 Å². The second kappa shape index (κ2) is 5.21. The molecule has 0 atom stereocenters. The highest BCUT2D eigenvalue weighted by atomic mass is 127. The van der Waals surface area contributed by atoms with Crippen molar-refractivity contribution >= 4 is 22.6 Å². The van der Waals surface area contributed by atoms with Crippen molar-refractivity contribution in [1.29, 1.82) is 0 Å². The summed E-state index contributed by atoms with van der Waals surface area (Å²) < 4.78 is 6.41. The van der Waals surface area contributed by atoms with Gasteiger partial charge >= 0.3 is 0 Å². The van der Waals surface area contributed by atoms with Crippen LogP contribution >= 0.6 is 22.6 Å². The van der Waals surface area contributed by atoms with Gasteiger partial charge in [0.05, 0.1) is 3.57 Å². The molecule has 16 heavy (non-hydrogen) atoms. The van der Waals surface area contributed by atoms with Crippen LogP contribution in [0.5, 0.6) is 11.5 Å². The molecule has 0 saturated carbocycles. The van der Waals surface area contributed by atoms with Gasteiger partial charge in [-0.1, -0.05) is 30.3 Å². The molecule has 0 spiro atoms. The zero-order valence-corrected chi connectivity index (χ0v) is 10.7. The summed E-state index contributed by atoms with van der Waals surface area (Å²) in [5, 5.41) is 9.37. The Morgan fingerprint density at radius 3 is 2.50 bits per heavy atom. The lowest BCUT2D eigenvalue weighted by molar-refractivity contribution is 0.305. The first-order valence-corrected chi connectivity index (χ1v) is 5.99. The lowest BCUT2D eigenvalue weighted by Gasteiger charge is -2.07. The third-order valence-electron chi connectivity index (χ3n) is 2.17. The number of rotatable bonds is 3. The quantitative estimate of drug-likeness (QED) is 0.874. The first-order valence-electron chi connectivity index (χ1n) is 4.91. The van der Waals surface area contributed by atoms with Crippen molar-refractivity contribution in [3.63, 3.8) is 0 Å². The second-order valence-corrected chi connectivity index (χ2v) is 4.55. The highest BCUT2D eigenvalue weighted by Crippen LogP contribution is 2.24. The van der Waals surface area contributed by atoms with Gasteiger partial charge in [-0.2, -0.15) is 0 Å². The van der Waals surface area contributed by atoms with Crippen molar-refractivity contribution in [2.24, 2.45) is 0 Å². The average molecular weight is 326 g/mol. The van der Waals surface area contributed by atoms with E-state index in [4.69, 9.17) is 4.74 Å². The summed E-state index contributed by atoms with van der Waals surface area (Å²) >= 11 is 2.07. The van der Waals surface area contributed by atoms with E-state index in [2.05, 4.69) is 22.6 Å². The summed E-state index contributed by atoms with van der Waals surface area (Å²) in [5.74, 6) is 1.05. The molecular formula is C13H11IO2. The molecular weight excluding hydrogens is 315 g/mol. The van der Waals surface area contributed by atoms with Gasteiger partial charge in [0.25, 0.3) is 0 Å². The first-order chi connectivity index (χ1) is 7.75. The molecule has 0 aliphatic carbocycles. The number of hydrogen-bond donors (Lipinski definition) is 1. The SMILES string of the molecule is Oc1ccc(OCc2ccccc2)cc1I. The van der Waals surface area contributed by atoms with Gasteiger partial charge in [0.1, 0.15) is 18.1 Å². The maximum absolute atomic E-state index is 9.37. The summed E-state index contributed by atoms with van der Waals surface area (Å²) in [6.45, 7) is 0.543. The molecule has 0 aliphatic rings. The number of benzene rings is 2. The van der Waals surface area contributed by atoms with Crippen molar-refractivity contribution in [2.75, 3.05) is 0 Å². The van der Waals surface area contributed by atoms with Crippen molar-refractivity contribution < 1.29 is 9.84 Å². The molecule has 0 radical (unpaired) electrons. The Kier molecular flexibility index (Phi) is 3.66. The molecule has 0 fully saturated rings. The number of hydrogen-bond acceptors (Lipinski definition) is 2. The minimum atomic E-state index is 0.285. The lowest BCUT2D eigenvalue weighted by atomic mass is 10.2.